The average Bonchev–Trinajstić information content (AvgIpc) is 2.48. The Hall–Kier alpha value is -1.51. The highest BCUT2D eigenvalue weighted by molar-refractivity contribution is 5.33. The first kappa shape index (κ1) is 16.5. The number of hydrogen-bond acceptors (Lipinski definition) is 1. The molecule has 108 valence electrons. The van der Waals surface area contributed by atoms with Crippen molar-refractivity contribution >= 4 is 0 Å². The summed E-state index contributed by atoms with van der Waals surface area (Å²) in [5, 5.41) is 2.37. The lowest BCUT2D eigenvalue weighted by molar-refractivity contribution is -0.670. The van der Waals surface area contributed by atoms with Crippen LogP contribution in [0.5, 0.6) is 5.75 Å². The molecule has 0 aliphatic heterocycles. The highest BCUT2D eigenvalue weighted by Gasteiger charge is 2.01. The first-order valence-corrected chi connectivity index (χ1v) is 6.87. The SMILES string of the molecule is COc1ccccc1CCC[NH2+]Cc1ccccc1.[Cl-]. The van der Waals surface area contributed by atoms with Gasteiger partial charge in [-0.05, 0) is 18.1 Å². The Morgan fingerprint density at radius 1 is 0.950 bits per heavy atom. The Kier molecular flexibility index (Phi) is 7.78. The van der Waals surface area contributed by atoms with Gasteiger partial charge in [-0.3, -0.25) is 0 Å². The summed E-state index contributed by atoms with van der Waals surface area (Å²) in [6.45, 7) is 2.21. The van der Waals surface area contributed by atoms with E-state index >= 15 is 0 Å². The molecule has 0 atom stereocenters. The van der Waals surface area contributed by atoms with E-state index in [4.69, 9.17) is 4.74 Å². The molecule has 0 amide bonds. The van der Waals surface area contributed by atoms with Gasteiger partial charge in [-0.1, -0.05) is 48.5 Å². The zero-order chi connectivity index (χ0) is 13.3. The summed E-state index contributed by atoms with van der Waals surface area (Å²) in [5.74, 6) is 1.01. The molecule has 2 nitrogen and oxygen atoms in total. The van der Waals surface area contributed by atoms with Gasteiger partial charge in [-0.25, -0.2) is 0 Å². The fourth-order valence-electron chi connectivity index (χ4n) is 2.23. The Morgan fingerprint density at radius 2 is 1.65 bits per heavy atom. The quantitative estimate of drug-likeness (QED) is 0.677. The molecule has 0 aliphatic carbocycles. The molecule has 0 aliphatic rings. The van der Waals surface area contributed by atoms with Gasteiger partial charge in [0.15, 0.2) is 0 Å². The van der Waals surface area contributed by atoms with Gasteiger partial charge in [0.2, 0.25) is 0 Å². The fourth-order valence-corrected chi connectivity index (χ4v) is 2.23. The second kappa shape index (κ2) is 9.40. The third-order valence-electron chi connectivity index (χ3n) is 3.27. The van der Waals surface area contributed by atoms with Crippen LogP contribution in [0, 0.1) is 0 Å². The average molecular weight is 292 g/mol. The van der Waals surface area contributed by atoms with Crippen molar-refractivity contribution in [3.63, 3.8) is 0 Å². The van der Waals surface area contributed by atoms with Gasteiger partial charge in [-0.2, -0.15) is 0 Å². The van der Waals surface area contributed by atoms with Gasteiger partial charge < -0.3 is 22.5 Å². The first-order chi connectivity index (χ1) is 9.40. The standard InChI is InChI=1S/C17H21NO.ClH/c1-19-17-12-6-5-10-16(17)11-7-13-18-14-15-8-3-2-4-9-15;/h2-6,8-10,12,18H,7,11,13-14H2,1H3;1H. The van der Waals surface area contributed by atoms with Crippen LogP contribution in [0.4, 0.5) is 0 Å². The van der Waals surface area contributed by atoms with E-state index in [1.807, 2.05) is 12.1 Å². The monoisotopic (exact) mass is 291 g/mol. The lowest BCUT2D eigenvalue weighted by atomic mass is 10.1. The van der Waals surface area contributed by atoms with Crippen molar-refractivity contribution in [3.8, 4) is 5.75 Å². The van der Waals surface area contributed by atoms with E-state index in [1.54, 1.807) is 7.11 Å². The van der Waals surface area contributed by atoms with Crippen molar-refractivity contribution in [1.29, 1.82) is 0 Å². The van der Waals surface area contributed by atoms with Crippen molar-refractivity contribution in [2.45, 2.75) is 19.4 Å². The minimum absolute atomic E-state index is 0. The van der Waals surface area contributed by atoms with Crippen LogP contribution in [0.2, 0.25) is 0 Å². The van der Waals surface area contributed by atoms with Crippen molar-refractivity contribution in [1.82, 2.24) is 0 Å². The molecule has 0 bridgehead atoms. The molecule has 0 unspecified atom stereocenters. The lowest BCUT2D eigenvalue weighted by Crippen LogP contribution is -3.00. The maximum absolute atomic E-state index is 5.36. The smallest absolute Gasteiger partial charge is 0.122 e. The van der Waals surface area contributed by atoms with Gasteiger partial charge >= 0.3 is 0 Å². The number of hydrogen-bond donors (Lipinski definition) is 1. The predicted octanol–water partition coefficient (Wildman–Crippen LogP) is -0.605. The molecular weight excluding hydrogens is 270 g/mol. The van der Waals surface area contributed by atoms with Gasteiger partial charge in [0, 0.05) is 12.0 Å². The van der Waals surface area contributed by atoms with Gasteiger partial charge in [0.05, 0.1) is 13.7 Å². The summed E-state index contributed by atoms with van der Waals surface area (Å²) in [7, 11) is 1.74. The Bertz CT molecular complexity index is 487. The highest BCUT2D eigenvalue weighted by atomic mass is 35.5. The van der Waals surface area contributed by atoms with E-state index in [-0.39, 0.29) is 12.4 Å². The Labute approximate surface area is 127 Å². The van der Waals surface area contributed by atoms with Gasteiger partial charge in [0.1, 0.15) is 12.3 Å². The molecule has 2 aromatic rings. The minimum atomic E-state index is 0. The number of methoxy groups -OCH3 is 1. The number of halogens is 1. The van der Waals surface area contributed by atoms with E-state index in [1.165, 1.54) is 17.5 Å². The van der Waals surface area contributed by atoms with Crippen LogP contribution in [0.15, 0.2) is 54.6 Å². The second-order valence-corrected chi connectivity index (χ2v) is 4.68. The molecule has 0 fully saturated rings. The zero-order valence-corrected chi connectivity index (χ0v) is 12.6. The van der Waals surface area contributed by atoms with Crippen LogP contribution >= 0.6 is 0 Å². The third kappa shape index (κ3) is 5.24. The molecule has 2 N–H and O–H groups in total. The van der Waals surface area contributed by atoms with Crippen LogP contribution in [0.1, 0.15) is 17.5 Å². The van der Waals surface area contributed by atoms with Crippen LogP contribution in [-0.4, -0.2) is 13.7 Å². The van der Waals surface area contributed by atoms with Crippen LogP contribution < -0.4 is 22.5 Å². The number of rotatable bonds is 7. The summed E-state index contributed by atoms with van der Waals surface area (Å²) < 4.78 is 5.36. The molecule has 0 radical (unpaired) electrons. The maximum Gasteiger partial charge on any atom is 0.122 e. The largest absolute Gasteiger partial charge is 1.00 e. The molecule has 0 heterocycles. The molecule has 0 saturated heterocycles. The van der Waals surface area contributed by atoms with Crippen LogP contribution in [-0.2, 0) is 13.0 Å². The number of quaternary nitrogens is 1. The number of benzene rings is 2. The van der Waals surface area contributed by atoms with E-state index in [9.17, 15) is 0 Å². The number of aryl methyl sites for hydroxylation is 1. The van der Waals surface area contributed by atoms with E-state index in [2.05, 4.69) is 47.8 Å². The summed E-state index contributed by atoms with van der Waals surface area (Å²) >= 11 is 0. The zero-order valence-electron chi connectivity index (χ0n) is 11.9. The molecule has 0 saturated carbocycles. The van der Waals surface area contributed by atoms with Gasteiger partial charge in [-0.15, -0.1) is 0 Å². The summed E-state index contributed by atoms with van der Waals surface area (Å²) in [4.78, 5) is 0. The van der Waals surface area contributed by atoms with E-state index in [0.29, 0.717) is 0 Å². The Morgan fingerprint density at radius 3 is 2.40 bits per heavy atom. The van der Waals surface area contributed by atoms with Crippen molar-refractivity contribution in [3.05, 3.63) is 65.7 Å². The lowest BCUT2D eigenvalue weighted by Gasteiger charge is -2.07. The first-order valence-electron chi connectivity index (χ1n) is 6.87. The Balaban J connectivity index is 0.00000200. The second-order valence-electron chi connectivity index (χ2n) is 4.68. The molecule has 2 aromatic carbocycles. The van der Waals surface area contributed by atoms with Crippen LogP contribution in [0.25, 0.3) is 0 Å². The predicted molar refractivity (Wildman–Crippen MR) is 78.3 cm³/mol. The number of nitrogens with two attached hydrogens (primary N) is 1. The van der Waals surface area contributed by atoms with Crippen molar-refractivity contribution in [2.75, 3.05) is 13.7 Å². The minimum Gasteiger partial charge on any atom is -1.00 e. The summed E-state index contributed by atoms with van der Waals surface area (Å²) in [6, 6.07) is 18.9. The molecule has 2 rings (SSSR count). The fraction of sp³-hybridized carbons (Fsp3) is 0.294. The third-order valence-corrected chi connectivity index (χ3v) is 3.27. The molecule has 3 heteroatoms. The van der Waals surface area contributed by atoms with Crippen molar-refractivity contribution < 1.29 is 22.5 Å². The molecule has 0 spiro atoms. The summed E-state index contributed by atoms with van der Waals surface area (Å²) in [5.41, 5.74) is 2.69. The van der Waals surface area contributed by atoms with Crippen LogP contribution in [0.3, 0.4) is 0 Å². The maximum atomic E-state index is 5.36. The van der Waals surface area contributed by atoms with Gasteiger partial charge in [0.25, 0.3) is 0 Å². The normalized spacial score (nSPS) is 9.85. The summed E-state index contributed by atoms with van der Waals surface area (Å²) in [6.07, 6.45) is 2.25. The molecule has 20 heavy (non-hydrogen) atoms. The number of ether oxygens (including phenoxy) is 1. The highest BCUT2D eigenvalue weighted by Crippen LogP contribution is 2.18. The van der Waals surface area contributed by atoms with E-state index < -0.39 is 0 Å². The van der Waals surface area contributed by atoms with Crippen molar-refractivity contribution in [2.24, 2.45) is 0 Å². The number of para-hydroxylation sites is 1. The van der Waals surface area contributed by atoms with E-state index in [0.717, 1.165) is 25.3 Å². The molecule has 0 aromatic heterocycles. The topological polar surface area (TPSA) is 25.8 Å². The molecular formula is C17H22ClNO.